The third-order valence-corrected chi connectivity index (χ3v) is 0. The molecule has 0 saturated heterocycles. The molecule has 27 valence electrons. The topological polar surface area (TPSA) is 63.4 Å². The van der Waals surface area contributed by atoms with Gasteiger partial charge in [-0.2, -0.15) is 0 Å². The van der Waals surface area contributed by atoms with E-state index in [1.165, 1.54) is 0 Å². The van der Waals surface area contributed by atoms with Gasteiger partial charge in [-0.3, -0.25) is 0 Å². The molecule has 0 aromatic rings. The Morgan fingerprint density at radius 3 is 1.80 bits per heavy atom. The summed E-state index contributed by atoms with van der Waals surface area (Å²) < 4.78 is 0. The first-order valence-corrected chi connectivity index (χ1v) is 0.565. The van der Waals surface area contributed by atoms with Crippen LogP contribution < -0.4 is 0 Å². The van der Waals surface area contributed by atoms with Gasteiger partial charge in [-0.15, -0.1) is 10.1 Å². The monoisotopic (exact) mass is 215 g/mol. The summed E-state index contributed by atoms with van der Waals surface area (Å²) in [6, 6.07) is 0. The van der Waals surface area contributed by atoms with Gasteiger partial charge < -0.3 is 5.21 Å². The fraction of sp³-hybridized carbons (Fsp3) is 0. The van der Waals surface area contributed by atoms with Crippen LogP contribution in [0.3, 0.4) is 0 Å². The van der Waals surface area contributed by atoms with Crippen LogP contribution in [0, 0.1) is 50.5 Å². The maximum absolute atomic E-state index is 8.36. The van der Waals surface area contributed by atoms with Crippen LogP contribution >= 0.6 is 0 Å². The maximum Gasteiger partial charge on any atom is 3.00 e. The zero-order valence-electron chi connectivity index (χ0n) is 2.12. The molecule has 0 unspecified atom stereocenters. The molecule has 0 spiro atoms. The first-order chi connectivity index (χ1) is 1.73. The Bertz CT molecular complexity index is 29.9. The van der Waals surface area contributed by atoms with Gasteiger partial charge in [0.05, 0.1) is 0 Å². The van der Waals surface area contributed by atoms with Crippen molar-refractivity contribution < 1.29 is 50.7 Å². The second-order valence-electron chi connectivity index (χ2n) is 0.238. The van der Waals surface area contributed by atoms with Crippen LogP contribution in [-0.2, 0) is 0 Å². The molecule has 0 aliphatic carbocycles. The largest absolute Gasteiger partial charge is 3.00 e. The Morgan fingerprint density at radius 1 is 1.80 bits per heavy atom. The molecule has 0 rings (SSSR count). The summed E-state index contributed by atoms with van der Waals surface area (Å²) in [4.78, 5) is 8.36. The van der Waals surface area contributed by atoms with E-state index in [-0.39, 0.29) is 40.4 Å². The molecular formula is HNO3Sm+3. The molecule has 1 N–H and O–H groups in total. The summed E-state index contributed by atoms with van der Waals surface area (Å²) in [5, 5.41) is 13.6. The van der Waals surface area contributed by atoms with E-state index < -0.39 is 5.09 Å². The van der Waals surface area contributed by atoms with E-state index >= 15 is 0 Å². The Labute approximate surface area is 60.4 Å². The van der Waals surface area contributed by atoms with Gasteiger partial charge in [-0.1, -0.05) is 0 Å². The first kappa shape index (κ1) is 9.11. The second-order valence-corrected chi connectivity index (χ2v) is 0.238. The number of hydrogen-bond acceptors (Lipinski definition) is 2. The van der Waals surface area contributed by atoms with Crippen molar-refractivity contribution in [3.05, 3.63) is 10.1 Å². The molecule has 0 fully saturated rings. The minimum Gasteiger partial charge on any atom is -0.328 e. The number of hydrogen-bond donors (Lipinski definition) is 1. The average Bonchev–Trinajstić information content (AvgIpc) is 0.811. The van der Waals surface area contributed by atoms with Gasteiger partial charge in [0.15, 0.2) is 0 Å². The van der Waals surface area contributed by atoms with Crippen molar-refractivity contribution in [3.8, 4) is 0 Å². The van der Waals surface area contributed by atoms with E-state index in [2.05, 4.69) is 0 Å². The fourth-order valence-electron chi connectivity index (χ4n) is 0. The molecule has 0 saturated carbocycles. The summed E-state index contributed by atoms with van der Waals surface area (Å²) in [6.45, 7) is 0. The molecule has 0 amide bonds. The molecule has 1 radical (unpaired) electrons. The van der Waals surface area contributed by atoms with E-state index in [1.54, 1.807) is 0 Å². The van der Waals surface area contributed by atoms with Gasteiger partial charge in [0.2, 0.25) is 0 Å². The molecule has 5 heavy (non-hydrogen) atoms. The Balaban J connectivity index is 0. The zero-order valence-corrected chi connectivity index (χ0v) is 4.74. The molecular weight excluding hydrogens is 212 g/mol. The number of rotatable bonds is 0. The van der Waals surface area contributed by atoms with Crippen molar-refractivity contribution >= 4 is 0 Å². The summed E-state index contributed by atoms with van der Waals surface area (Å²) in [7, 11) is 0. The van der Waals surface area contributed by atoms with Crippen LogP contribution in [0.15, 0.2) is 0 Å². The SMILES string of the molecule is O=[N+]([O-])O.[Sm+3]. The van der Waals surface area contributed by atoms with Crippen LogP contribution in [0.4, 0.5) is 0 Å². The molecule has 5 heteroatoms. The molecule has 0 bridgehead atoms. The van der Waals surface area contributed by atoms with E-state index in [9.17, 15) is 0 Å². The molecule has 0 heterocycles. The quantitative estimate of drug-likeness (QED) is 0.442. The van der Waals surface area contributed by atoms with Gasteiger partial charge in [0.1, 0.15) is 0 Å². The normalized spacial score (nSPS) is 4.80. The standard InChI is InChI=1S/HNO3.Sm/c2-1(3)4;/h(H,2,3,4);/q;+3. The van der Waals surface area contributed by atoms with Gasteiger partial charge in [-0.25, -0.2) is 0 Å². The Morgan fingerprint density at radius 2 is 1.80 bits per heavy atom. The van der Waals surface area contributed by atoms with Crippen molar-refractivity contribution in [1.29, 1.82) is 0 Å². The fourth-order valence-corrected chi connectivity index (χ4v) is 0. The van der Waals surface area contributed by atoms with Gasteiger partial charge in [0.25, 0.3) is 5.09 Å². The van der Waals surface area contributed by atoms with E-state index in [0.717, 1.165) is 0 Å². The van der Waals surface area contributed by atoms with Crippen molar-refractivity contribution in [2.75, 3.05) is 0 Å². The predicted octanol–water partition coefficient (Wildman–Crippen LogP) is -0.348. The second kappa shape index (κ2) is 4.54. The van der Waals surface area contributed by atoms with E-state index in [1.807, 2.05) is 0 Å². The molecule has 0 aromatic heterocycles. The Kier molecular flexibility index (Phi) is 8.27. The minimum atomic E-state index is -1.50. The maximum atomic E-state index is 8.36. The summed E-state index contributed by atoms with van der Waals surface area (Å²) in [5.41, 5.74) is 0. The Hall–Kier alpha value is 0.538. The van der Waals surface area contributed by atoms with Gasteiger partial charge >= 0.3 is 40.4 Å². The smallest absolute Gasteiger partial charge is 0.328 e. The molecule has 0 atom stereocenters. The van der Waals surface area contributed by atoms with Crippen LogP contribution in [0.25, 0.3) is 0 Å². The zero-order chi connectivity index (χ0) is 3.58. The molecule has 0 aliphatic heterocycles. The summed E-state index contributed by atoms with van der Waals surface area (Å²) in [6.07, 6.45) is 0. The van der Waals surface area contributed by atoms with Crippen LogP contribution in [0.2, 0.25) is 0 Å². The van der Waals surface area contributed by atoms with Crippen molar-refractivity contribution in [2.45, 2.75) is 0 Å². The molecule has 0 aliphatic rings. The van der Waals surface area contributed by atoms with Crippen molar-refractivity contribution in [3.63, 3.8) is 0 Å². The summed E-state index contributed by atoms with van der Waals surface area (Å²) >= 11 is 0. The van der Waals surface area contributed by atoms with Crippen molar-refractivity contribution in [2.24, 2.45) is 0 Å². The van der Waals surface area contributed by atoms with E-state index in [4.69, 9.17) is 15.3 Å². The van der Waals surface area contributed by atoms with Crippen LogP contribution in [0.1, 0.15) is 0 Å². The van der Waals surface area contributed by atoms with Gasteiger partial charge in [0, 0.05) is 0 Å². The van der Waals surface area contributed by atoms with Gasteiger partial charge in [-0.05, 0) is 0 Å². The third-order valence-electron chi connectivity index (χ3n) is 0. The predicted molar refractivity (Wildman–Crippen MR) is 8.78 cm³/mol. The summed E-state index contributed by atoms with van der Waals surface area (Å²) in [5.74, 6) is 0. The van der Waals surface area contributed by atoms with E-state index in [0.29, 0.717) is 0 Å². The van der Waals surface area contributed by atoms with Crippen molar-refractivity contribution in [1.82, 2.24) is 0 Å². The third kappa shape index (κ3) is 101. The first-order valence-electron chi connectivity index (χ1n) is 0.565. The number of nitrogens with zero attached hydrogens (tertiary/aromatic N) is 1. The minimum absolute atomic E-state index is 0. The van der Waals surface area contributed by atoms with Crippen LogP contribution in [0.5, 0.6) is 0 Å². The average molecular weight is 213 g/mol. The van der Waals surface area contributed by atoms with Crippen LogP contribution in [-0.4, -0.2) is 10.3 Å². The molecule has 0 aromatic carbocycles. The molecule has 4 nitrogen and oxygen atoms in total.